The number of thiophene rings is 1. The molecule has 1 aromatic carbocycles. The topological polar surface area (TPSA) is 61.8 Å². The lowest BCUT2D eigenvalue weighted by atomic mass is 9.90. The van der Waals surface area contributed by atoms with Crippen molar-refractivity contribution in [2.75, 3.05) is 20.2 Å². The highest BCUT2D eigenvalue weighted by molar-refractivity contribution is 7.09. The number of methoxy groups -OCH3 is 1. The average Bonchev–Trinajstić information content (AvgIpc) is 3.12. The molecule has 1 aromatic heterocycles. The first-order valence-corrected chi connectivity index (χ1v) is 10.4. The second kappa shape index (κ2) is 7.52. The van der Waals surface area contributed by atoms with E-state index in [1.807, 2.05) is 17.5 Å². The van der Waals surface area contributed by atoms with Crippen molar-refractivity contribution in [2.45, 2.75) is 32.4 Å². The molecule has 1 aliphatic carbocycles. The maximum absolute atomic E-state index is 12.5. The normalized spacial score (nSPS) is 21.1. The van der Waals surface area contributed by atoms with E-state index in [1.165, 1.54) is 4.88 Å². The summed E-state index contributed by atoms with van der Waals surface area (Å²) in [5.74, 6) is 1.46. The summed E-state index contributed by atoms with van der Waals surface area (Å²) in [6.45, 7) is 3.29. The molecule has 1 saturated heterocycles. The van der Waals surface area contributed by atoms with E-state index in [1.54, 1.807) is 30.6 Å². The Balaban J connectivity index is 1.27. The molecule has 2 fully saturated rings. The van der Waals surface area contributed by atoms with Crippen molar-refractivity contribution >= 4 is 17.2 Å². The molecule has 1 atom stereocenters. The molecule has 1 spiro atoms. The molecule has 1 saturated carbocycles. The first kappa shape index (κ1) is 18.3. The van der Waals surface area contributed by atoms with Crippen molar-refractivity contribution in [3.05, 3.63) is 46.2 Å². The lowest BCUT2D eigenvalue weighted by molar-refractivity contribution is -0.123. The van der Waals surface area contributed by atoms with Crippen molar-refractivity contribution in [3.8, 4) is 11.5 Å². The van der Waals surface area contributed by atoms with Crippen LogP contribution in [0.2, 0.25) is 0 Å². The van der Waals surface area contributed by atoms with Gasteiger partial charge in [-0.1, -0.05) is 6.07 Å². The predicted molar refractivity (Wildman–Crippen MR) is 106 cm³/mol. The van der Waals surface area contributed by atoms with E-state index >= 15 is 0 Å². The quantitative estimate of drug-likeness (QED) is 0.799. The summed E-state index contributed by atoms with van der Waals surface area (Å²) in [5, 5.41) is 15.2. The third kappa shape index (κ3) is 3.96. The Hall–Kier alpha value is -2.05. The second-order valence-electron chi connectivity index (χ2n) is 7.69. The summed E-state index contributed by atoms with van der Waals surface area (Å²) in [5.41, 5.74) is 1.10. The number of hydrogen-bond donors (Lipinski definition) is 2. The number of likely N-dealkylation sites (tertiary alicyclic amines) is 1. The van der Waals surface area contributed by atoms with Crippen LogP contribution < -0.4 is 10.1 Å². The number of nitrogens with one attached hydrogen (secondary N) is 1. The largest absolute Gasteiger partial charge is 0.508 e. The van der Waals surface area contributed by atoms with Crippen LogP contribution in [0.15, 0.2) is 35.7 Å². The fourth-order valence-electron chi connectivity index (χ4n) is 4.19. The van der Waals surface area contributed by atoms with Gasteiger partial charge in [0.1, 0.15) is 11.5 Å². The van der Waals surface area contributed by atoms with E-state index < -0.39 is 0 Å². The first-order chi connectivity index (χ1) is 13.1. The Morgan fingerprint density at radius 3 is 2.89 bits per heavy atom. The maximum Gasteiger partial charge on any atom is 0.223 e. The van der Waals surface area contributed by atoms with Crippen LogP contribution in [0.4, 0.5) is 0 Å². The number of carbonyl (C=O) groups is 1. The number of amides is 1. The number of rotatable bonds is 6. The van der Waals surface area contributed by atoms with E-state index in [0.717, 1.165) is 43.7 Å². The molecule has 1 unspecified atom stereocenters. The molecule has 2 heterocycles. The number of hydrogen-bond acceptors (Lipinski definition) is 5. The van der Waals surface area contributed by atoms with Gasteiger partial charge in [-0.15, -0.1) is 11.3 Å². The Labute approximate surface area is 164 Å². The molecule has 0 radical (unpaired) electrons. The molecule has 0 bridgehead atoms. The average molecular weight is 387 g/mol. The van der Waals surface area contributed by atoms with E-state index in [9.17, 15) is 9.90 Å². The molecule has 4 rings (SSSR count). The van der Waals surface area contributed by atoms with Crippen molar-refractivity contribution in [1.82, 2.24) is 10.2 Å². The van der Waals surface area contributed by atoms with Gasteiger partial charge < -0.3 is 15.2 Å². The van der Waals surface area contributed by atoms with Gasteiger partial charge in [0.2, 0.25) is 5.91 Å². The van der Waals surface area contributed by atoms with Crippen LogP contribution in [0.3, 0.4) is 0 Å². The molecular weight excluding hydrogens is 360 g/mol. The standard InChI is InChI=1S/C21H26N2O3S/c1-26-16-4-5-19(24)15(11-16)14-23-8-6-21(7-9-23)12-18(21)20(25)22-13-17-3-2-10-27-17/h2-5,10-11,18,24H,6-9,12-14H2,1H3,(H,22,25). The van der Waals surface area contributed by atoms with Crippen molar-refractivity contribution < 1.29 is 14.6 Å². The van der Waals surface area contributed by atoms with Crippen LogP contribution in [-0.2, 0) is 17.9 Å². The van der Waals surface area contributed by atoms with Crippen LogP contribution in [0.5, 0.6) is 11.5 Å². The molecule has 1 aliphatic heterocycles. The molecule has 144 valence electrons. The highest BCUT2D eigenvalue weighted by atomic mass is 32.1. The van der Waals surface area contributed by atoms with Crippen molar-refractivity contribution in [2.24, 2.45) is 11.3 Å². The van der Waals surface area contributed by atoms with Gasteiger partial charge in [0, 0.05) is 22.9 Å². The summed E-state index contributed by atoms with van der Waals surface area (Å²) in [6.07, 6.45) is 3.12. The summed E-state index contributed by atoms with van der Waals surface area (Å²) >= 11 is 1.68. The van der Waals surface area contributed by atoms with Gasteiger partial charge in [-0.3, -0.25) is 9.69 Å². The Morgan fingerprint density at radius 2 is 2.19 bits per heavy atom. The number of phenols is 1. The number of ether oxygens (including phenoxy) is 1. The van der Waals surface area contributed by atoms with E-state index in [4.69, 9.17) is 4.74 Å². The number of piperidine rings is 1. The number of phenolic OH excluding ortho intramolecular Hbond substituents is 1. The minimum absolute atomic E-state index is 0.171. The Kier molecular flexibility index (Phi) is 5.10. The summed E-state index contributed by atoms with van der Waals surface area (Å²) < 4.78 is 5.26. The van der Waals surface area contributed by atoms with E-state index in [-0.39, 0.29) is 17.2 Å². The molecule has 2 aliphatic rings. The molecule has 27 heavy (non-hydrogen) atoms. The summed E-state index contributed by atoms with van der Waals surface area (Å²) in [7, 11) is 1.64. The SMILES string of the molecule is COc1ccc(O)c(CN2CCC3(CC2)CC3C(=O)NCc2cccs2)c1. The minimum Gasteiger partial charge on any atom is -0.508 e. The molecule has 5 nitrogen and oxygen atoms in total. The summed E-state index contributed by atoms with van der Waals surface area (Å²) in [6, 6.07) is 9.43. The number of nitrogens with zero attached hydrogens (tertiary/aromatic N) is 1. The zero-order valence-electron chi connectivity index (χ0n) is 15.6. The minimum atomic E-state index is 0.171. The molecule has 6 heteroatoms. The van der Waals surface area contributed by atoms with Crippen molar-refractivity contribution in [3.63, 3.8) is 0 Å². The zero-order chi connectivity index (χ0) is 18.9. The smallest absolute Gasteiger partial charge is 0.223 e. The highest BCUT2D eigenvalue weighted by Crippen LogP contribution is 2.59. The van der Waals surface area contributed by atoms with Crippen LogP contribution in [-0.4, -0.2) is 36.1 Å². The van der Waals surface area contributed by atoms with Gasteiger partial charge in [0.15, 0.2) is 0 Å². The first-order valence-electron chi connectivity index (χ1n) is 9.48. The van der Waals surface area contributed by atoms with Crippen LogP contribution in [0.1, 0.15) is 29.7 Å². The lowest BCUT2D eigenvalue weighted by Crippen LogP contribution is -2.36. The second-order valence-corrected chi connectivity index (χ2v) is 8.72. The Morgan fingerprint density at radius 1 is 1.37 bits per heavy atom. The molecule has 1 amide bonds. The van der Waals surface area contributed by atoms with E-state index in [2.05, 4.69) is 16.3 Å². The van der Waals surface area contributed by atoms with Crippen LogP contribution in [0, 0.1) is 11.3 Å². The molecule has 2 N–H and O–H groups in total. The van der Waals surface area contributed by atoms with Gasteiger partial charge in [-0.25, -0.2) is 0 Å². The van der Waals surface area contributed by atoms with Gasteiger partial charge in [-0.2, -0.15) is 0 Å². The monoisotopic (exact) mass is 386 g/mol. The number of carbonyl (C=O) groups excluding carboxylic acids is 1. The zero-order valence-corrected chi connectivity index (χ0v) is 16.4. The Bertz CT molecular complexity index is 798. The van der Waals surface area contributed by atoms with E-state index in [0.29, 0.717) is 18.8 Å². The van der Waals surface area contributed by atoms with Gasteiger partial charge in [0.05, 0.1) is 13.7 Å². The number of aromatic hydroxyl groups is 1. The predicted octanol–water partition coefficient (Wildman–Crippen LogP) is 3.38. The van der Waals surface area contributed by atoms with Crippen LogP contribution >= 0.6 is 11.3 Å². The fraction of sp³-hybridized carbons (Fsp3) is 0.476. The molecular formula is C21H26N2O3S. The van der Waals surface area contributed by atoms with Gasteiger partial charge in [0.25, 0.3) is 0 Å². The summed E-state index contributed by atoms with van der Waals surface area (Å²) in [4.78, 5) is 16.1. The third-order valence-electron chi connectivity index (χ3n) is 6.06. The van der Waals surface area contributed by atoms with Gasteiger partial charge >= 0.3 is 0 Å². The van der Waals surface area contributed by atoms with Crippen LogP contribution in [0.25, 0.3) is 0 Å². The maximum atomic E-state index is 12.5. The molecule has 2 aromatic rings. The van der Waals surface area contributed by atoms with Crippen molar-refractivity contribution in [1.29, 1.82) is 0 Å². The lowest BCUT2D eigenvalue weighted by Gasteiger charge is -2.33. The highest BCUT2D eigenvalue weighted by Gasteiger charge is 2.58. The fourth-order valence-corrected chi connectivity index (χ4v) is 4.84. The number of benzene rings is 1. The third-order valence-corrected chi connectivity index (χ3v) is 6.93. The van der Waals surface area contributed by atoms with Gasteiger partial charge in [-0.05, 0) is 67.4 Å².